The Morgan fingerprint density at radius 1 is 1.19 bits per heavy atom. The number of anilines is 1. The SMILES string of the molecule is CC(C)C1CCCCC1Nc1cc(Br)nc(C(C)(C)C)n1. The summed E-state index contributed by atoms with van der Waals surface area (Å²) in [4.78, 5) is 9.26. The third kappa shape index (κ3) is 4.41. The lowest BCUT2D eigenvalue weighted by Crippen LogP contribution is -2.35. The third-order valence-electron chi connectivity index (χ3n) is 4.37. The zero-order valence-corrected chi connectivity index (χ0v) is 15.5. The van der Waals surface area contributed by atoms with Crippen molar-refractivity contribution in [1.82, 2.24) is 9.97 Å². The van der Waals surface area contributed by atoms with Gasteiger partial charge in [0, 0.05) is 17.5 Å². The molecule has 2 atom stereocenters. The second-order valence-electron chi connectivity index (χ2n) is 7.59. The van der Waals surface area contributed by atoms with E-state index in [2.05, 4.69) is 60.8 Å². The Hall–Kier alpha value is -0.640. The maximum atomic E-state index is 4.74. The van der Waals surface area contributed by atoms with Gasteiger partial charge in [0.2, 0.25) is 0 Å². The minimum atomic E-state index is -0.0375. The molecule has 0 radical (unpaired) electrons. The van der Waals surface area contributed by atoms with E-state index in [9.17, 15) is 0 Å². The predicted molar refractivity (Wildman–Crippen MR) is 92.6 cm³/mol. The van der Waals surface area contributed by atoms with Crippen LogP contribution in [0.3, 0.4) is 0 Å². The normalized spacial score (nSPS) is 23.4. The Labute approximate surface area is 137 Å². The summed E-state index contributed by atoms with van der Waals surface area (Å²) in [5.41, 5.74) is -0.0375. The average molecular weight is 354 g/mol. The molecule has 1 aromatic heterocycles. The topological polar surface area (TPSA) is 37.8 Å². The molecule has 118 valence electrons. The number of aromatic nitrogens is 2. The molecular formula is C17H28BrN3. The first-order chi connectivity index (χ1) is 9.77. The first-order valence-corrected chi connectivity index (χ1v) is 8.88. The van der Waals surface area contributed by atoms with Crippen molar-refractivity contribution in [1.29, 1.82) is 0 Å². The van der Waals surface area contributed by atoms with E-state index < -0.39 is 0 Å². The molecule has 1 saturated carbocycles. The molecule has 2 unspecified atom stereocenters. The van der Waals surface area contributed by atoms with Crippen LogP contribution in [-0.4, -0.2) is 16.0 Å². The maximum Gasteiger partial charge on any atom is 0.137 e. The Morgan fingerprint density at radius 2 is 1.86 bits per heavy atom. The van der Waals surface area contributed by atoms with E-state index in [4.69, 9.17) is 4.98 Å². The van der Waals surface area contributed by atoms with Crippen LogP contribution < -0.4 is 5.32 Å². The van der Waals surface area contributed by atoms with E-state index in [1.807, 2.05) is 6.07 Å². The highest BCUT2D eigenvalue weighted by molar-refractivity contribution is 9.10. The van der Waals surface area contributed by atoms with Crippen LogP contribution in [0.4, 0.5) is 5.82 Å². The second-order valence-corrected chi connectivity index (χ2v) is 8.41. The molecule has 1 fully saturated rings. The van der Waals surface area contributed by atoms with Gasteiger partial charge in [-0.2, -0.15) is 0 Å². The molecule has 21 heavy (non-hydrogen) atoms. The molecule has 1 N–H and O–H groups in total. The molecule has 3 nitrogen and oxygen atoms in total. The molecule has 0 aromatic carbocycles. The maximum absolute atomic E-state index is 4.74. The van der Waals surface area contributed by atoms with Crippen molar-refractivity contribution in [3.63, 3.8) is 0 Å². The quantitative estimate of drug-likeness (QED) is 0.762. The van der Waals surface area contributed by atoms with Gasteiger partial charge in [-0.25, -0.2) is 9.97 Å². The van der Waals surface area contributed by atoms with Crippen molar-refractivity contribution in [2.75, 3.05) is 5.32 Å². The average Bonchev–Trinajstić information content (AvgIpc) is 2.37. The van der Waals surface area contributed by atoms with Crippen LogP contribution in [0.2, 0.25) is 0 Å². The highest BCUT2D eigenvalue weighted by Gasteiger charge is 2.28. The Balaban J connectivity index is 2.20. The molecule has 1 heterocycles. The lowest BCUT2D eigenvalue weighted by molar-refractivity contribution is 0.253. The first-order valence-electron chi connectivity index (χ1n) is 8.09. The highest BCUT2D eigenvalue weighted by atomic mass is 79.9. The monoisotopic (exact) mass is 353 g/mol. The second kappa shape index (κ2) is 6.64. The van der Waals surface area contributed by atoms with E-state index in [1.54, 1.807) is 0 Å². The lowest BCUT2D eigenvalue weighted by Gasteiger charge is -2.35. The summed E-state index contributed by atoms with van der Waals surface area (Å²) in [5, 5.41) is 3.68. The number of nitrogens with zero attached hydrogens (tertiary/aromatic N) is 2. The zero-order valence-electron chi connectivity index (χ0n) is 13.9. The van der Waals surface area contributed by atoms with E-state index in [0.29, 0.717) is 6.04 Å². The van der Waals surface area contributed by atoms with Crippen LogP contribution in [0.1, 0.15) is 66.1 Å². The van der Waals surface area contributed by atoms with Gasteiger partial charge in [0.25, 0.3) is 0 Å². The van der Waals surface area contributed by atoms with E-state index in [0.717, 1.165) is 28.1 Å². The predicted octanol–water partition coefficient (Wildman–Crippen LogP) is 5.16. The molecule has 1 aromatic rings. The van der Waals surface area contributed by atoms with Crippen molar-refractivity contribution in [3.8, 4) is 0 Å². The number of rotatable bonds is 3. The Kier molecular flexibility index (Phi) is 5.29. The van der Waals surface area contributed by atoms with Crippen LogP contribution in [0.15, 0.2) is 10.7 Å². The summed E-state index contributed by atoms with van der Waals surface area (Å²) in [6, 6.07) is 2.54. The van der Waals surface area contributed by atoms with Gasteiger partial charge in [0.1, 0.15) is 16.2 Å². The smallest absolute Gasteiger partial charge is 0.137 e. The van der Waals surface area contributed by atoms with Crippen LogP contribution in [-0.2, 0) is 5.41 Å². The van der Waals surface area contributed by atoms with Crippen molar-refractivity contribution < 1.29 is 0 Å². The van der Waals surface area contributed by atoms with Gasteiger partial charge in [-0.1, -0.05) is 47.5 Å². The van der Waals surface area contributed by atoms with Crippen LogP contribution in [0.5, 0.6) is 0 Å². The summed E-state index contributed by atoms with van der Waals surface area (Å²) in [5.74, 6) is 3.30. The van der Waals surface area contributed by atoms with Gasteiger partial charge in [-0.3, -0.25) is 0 Å². The zero-order chi connectivity index (χ0) is 15.6. The van der Waals surface area contributed by atoms with Gasteiger partial charge >= 0.3 is 0 Å². The Morgan fingerprint density at radius 3 is 2.48 bits per heavy atom. The van der Waals surface area contributed by atoms with Crippen LogP contribution >= 0.6 is 15.9 Å². The van der Waals surface area contributed by atoms with Crippen molar-refractivity contribution in [3.05, 3.63) is 16.5 Å². The molecule has 0 bridgehead atoms. The van der Waals surface area contributed by atoms with Crippen molar-refractivity contribution in [2.24, 2.45) is 11.8 Å². The van der Waals surface area contributed by atoms with Crippen molar-refractivity contribution >= 4 is 21.7 Å². The van der Waals surface area contributed by atoms with Crippen LogP contribution in [0.25, 0.3) is 0 Å². The van der Waals surface area contributed by atoms with Gasteiger partial charge < -0.3 is 5.32 Å². The van der Waals surface area contributed by atoms with Gasteiger partial charge in [0.15, 0.2) is 0 Å². The van der Waals surface area contributed by atoms with Gasteiger partial charge in [0.05, 0.1) is 0 Å². The van der Waals surface area contributed by atoms with E-state index in [-0.39, 0.29) is 5.41 Å². The van der Waals surface area contributed by atoms with Gasteiger partial charge in [-0.15, -0.1) is 0 Å². The largest absolute Gasteiger partial charge is 0.367 e. The summed E-state index contributed by atoms with van der Waals surface area (Å²) in [6.07, 6.45) is 5.25. The molecule has 0 amide bonds. The standard InChI is InChI=1S/C17H28BrN3/c1-11(2)12-8-6-7-9-13(12)19-15-10-14(18)20-16(21-15)17(3,4)5/h10-13H,6-9H2,1-5H3,(H,19,20,21). The van der Waals surface area contributed by atoms with Crippen LogP contribution in [0, 0.1) is 11.8 Å². The molecule has 4 heteroatoms. The highest BCUT2D eigenvalue weighted by Crippen LogP contribution is 2.32. The fourth-order valence-corrected chi connectivity index (χ4v) is 3.54. The summed E-state index contributed by atoms with van der Waals surface area (Å²) in [7, 11) is 0. The molecule has 0 aliphatic heterocycles. The number of hydrogen-bond donors (Lipinski definition) is 1. The number of hydrogen-bond acceptors (Lipinski definition) is 3. The first kappa shape index (κ1) is 16.7. The molecule has 2 rings (SSSR count). The molecule has 0 spiro atoms. The minimum absolute atomic E-state index is 0.0375. The minimum Gasteiger partial charge on any atom is -0.367 e. The summed E-state index contributed by atoms with van der Waals surface area (Å²) >= 11 is 3.52. The van der Waals surface area contributed by atoms with E-state index in [1.165, 1.54) is 25.7 Å². The number of nitrogens with one attached hydrogen (secondary N) is 1. The molecule has 0 saturated heterocycles. The molecule has 1 aliphatic rings. The summed E-state index contributed by atoms with van der Waals surface area (Å²) in [6.45, 7) is 11.1. The van der Waals surface area contributed by atoms with Crippen molar-refractivity contribution in [2.45, 2.75) is 71.8 Å². The summed E-state index contributed by atoms with van der Waals surface area (Å²) < 4.78 is 0.863. The third-order valence-corrected chi connectivity index (χ3v) is 4.78. The molecule has 1 aliphatic carbocycles. The van der Waals surface area contributed by atoms with Gasteiger partial charge in [-0.05, 0) is 40.6 Å². The van der Waals surface area contributed by atoms with E-state index >= 15 is 0 Å². The Bertz CT molecular complexity index is 479. The lowest BCUT2D eigenvalue weighted by atomic mass is 9.78. The number of halogens is 1. The fraction of sp³-hybridized carbons (Fsp3) is 0.765. The molecular weight excluding hydrogens is 326 g/mol. The fourth-order valence-electron chi connectivity index (χ4n) is 3.15.